The van der Waals surface area contributed by atoms with Gasteiger partial charge in [-0.1, -0.05) is 13.8 Å². The van der Waals surface area contributed by atoms with E-state index in [1.165, 1.54) is 13.8 Å². The van der Waals surface area contributed by atoms with Gasteiger partial charge in [-0.05, 0) is 161 Å². The van der Waals surface area contributed by atoms with E-state index in [-0.39, 0.29) is 88.3 Å². The van der Waals surface area contributed by atoms with Crippen molar-refractivity contribution in [3.8, 4) is 0 Å². The molecule has 10 nitrogen and oxygen atoms in total. The second-order valence-corrected chi connectivity index (χ2v) is 22.7. The average Bonchev–Trinajstić information content (AvgIpc) is 3.63. The molecule has 10 heteroatoms. The number of hydrogen-bond donors (Lipinski definition) is 0. The Kier molecular flexibility index (Phi) is 9.29. The molecule has 11 aliphatic carbocycles. The molecule has 0 saturated heterocycles. The maximum atomic E-state index is 15.6. The normalized spacial score (nSPS) is 53.7. The number of carbonyl (C=O) groups is 5. The van der Waals surface area contributed by atoms with Crippen LogP contribution < -0.4 is 0 Å². The number of Topliss-reactive ketones (excluding diaryl/α,β-unsaturated/α-hetero) is 1. The summed E-state index contributed by atoms with van der Waals surface area (Å²) in [7, 11) is 1.89. The van der Waals surface area contributed by atoms with Gasteiger partial charge in [0.1, 0.15) is 29.2 Å². The zero-order chi connectivity index (χ0) is 41.7. The Labute approximate surface area is 351 Å². The van der Waals surface area contributed by atoms with Crippen molar-refractivity contribution in [2.75, 3.05) is 7.11 Å². The number of ketones is 1. The molecule has 11 rings (SSSR count). The molecule has 0 heterocycles. The Morgan fingerprint density at radius 3 is 1.78 bits per heavy atom. The van der Waals surface area contributed by atoms with Crippen molar-refractivity contribution in [3.63, 3.8) is 0 Å². The third kappa shape index (κ3) is 5.34. The van der Waals surface area contributed by atoms with Crippen LogP contribution in [0.25, 0.3) is 0 Å². The van der Waals surface area contributed by atoms with E-state index in [1.54, 1.807) is 13.8 Å². The van der Waals surface area contributed by atoms with Crippen LogP contribution >= 0.6 is 0 Å². The van der Waals surface area contributed by atoms with E-state index in [2.05, 4.69) is 13.8 Å². The summed E-state index contributed by atoms with van der Waals surface area (Å²) >= 11 is 0. The van der Waals surface area contributed by atoms with Gasteiger partial charge in [0.05, 0.1) is 5.60 Å². The number of methoxy groups -OCH3 is 1. The number of hydrogen-bond acceptors (Lipinski definition) is 10. The first-order valence-corrected chi connectivity index (χ1v) is 23.8. The number of rotatable bonds is 5. The van der Waals surface area contributed by atoms with E-state index >= 15 is 4.79 Å². The second kappa shape index (κ2) is 13.5. The fraction of sp³-hybridized carbons (Fsp3) is 0.898. The molecule has 1 spiro atoms. The van der Waals surface area contributed by atoms with E-state index in [9.17, 15) is 19.2 Å². The van der Waals surface area contributed by atoms with Gasteiger partial charge in [0, 0.05) is 70.3 Å². The van der Waals surface area contributed by atoms with Crippen molar-refractivity contribution in [1.82, 2.24) is 0 Å². The van der Waals surface area contributed by atoms with Gasteiger partial charge in [-0.3, -0.25) is 24.0 Å². The molecule has 11 aliphatic rings. The minimum absolute atomic E-state index is 0.00462. The summed E-state index contributed by atoms with van der Waals surface area (Å²) < 4.78 is 31.7. The van der Waals surface area contributed by atoms with Gasteiger partial charge in [-0.25, -0.2) is 0 Å². The van der Waals surface area contributed by atoms with Gasteiger partial charge in [0.2, 0.25) is 0 Å². The summed E-state index contributed by atoms with van der Waals surface area (Å²) in [5.74, 6) is 2.66. The molecular weight excluding hydrogens is 749 g/mol. The average molecular weight is 819 g/mol. The van der Waals surface area contributed by atoms with Crippen LogP contribution in [0.15, 0.2) is 0 Å². The van der Waals surface area contributed by atoms with Crippen molar-refractivity contribution in [2.24, 2.45) is 81.3 Å². The highest BCUT2D eigenvalue weighted by Crippen LogP contribution is 2.84. The molecule has 6 unspecified atom stereocenters. The zero-order valence-electron chi connectivity index (χ0n) is 36.8. The van der Waals surface area contributed by atoms with Crippen LogP contribution in [0.4, 0.5) is 0 Å². The van der Waals surface area contributed by atoms with Gasteiger partial charge in [0.15, 0.2) is 0 Å². The number of esters is 4. The van der Waals surface area contributed by atoms with Crippen LogP contribution in [0.2, 0.25) is 0 Å². The maximum absolute atomic E-state index is 15.6. The third-order valence-electron chi connectivity index (χ3n) is 20.9. The molecule has 11 saturated carbocycles. The Morgan fingerprint density at radius 1 is 0.576 bits per heavy atom. The summed E-state index contributed by atoms with van der Waals surface area (Å²) in [5.41, 5.74) is -2.29. The highest BCUT2D eigenvalue weighted by molar-refractivity contribution is 5.90. The highest BCUT2D eigenvalue weighted by Gasteiger charge is 2.84. The molecule has 19 atom stereocenters. The summed E-state index contributed by atoms with van der Waals surface area (Å²) in [6.45, 7) is 11.2. The summed E-state index contributed by atoms with van der Waals surface area (Å²) in [4.78, 5) is 65.9. The predicted octanol–water partition coefficient (Wildman–Crippen LogP) is 8.34. The molecule has 0 aromatic carbocycles. The smallest absolute Gasteiger partial charge is 0.303 e. The van der Waals surface area contributed by atoms with Crippen molar-refractivity contribution in [2.45, 2.75) is 186 Å². The van der Waals surface area contributed by atoms with Gasteiger partial charge in [-0.2, -0.15) is 0 Å². The molecule has 326 valence electrons. The van der Waals surface area contributed by atoms with Crippen LogP contribution in [0.5, 0.6) is 0 Å². The van der Waals surface area contributed by atoms with Gasteiger partial charge >= 0.3 is 23.9 Å². The molecule has 0 aliphatic heterocycles. The molecular formula is C49H70O10. The minimum Gasteiger partial charge on any atom is -0.463 e. The predicted molar refractivity (Wildman–Crippen MR) is 215 cm³/mol. The van der Waals surface area contributed by atoms with Crippen LogP contribution in [-0.4, -0.2) is 65.8 Å². The van der Waals surface area contributed by atoms with Gasteiger partial charge in [0.25, 0.3) is 0 Å². The largest absolute Gasteiger partial charge is 0.463 e. The highest BCUT2D eigenvalue weighted by atomic mass is 16.6. The third-order valence-corrected chi connectivity index (χ3v) is 20.9. The Balaban J connectivity index is 1.02. The summed E-state index contributed by atoms with van der Waals surface area (Å²) in [5, 5.41) is 0. The standard InChI is InChI=1S/C49H70O10/c1-26(50)56-35-12-16-47(58-28(3)52)32(21-35)10-11-37-38(47)14-15-44(5)39(37)22-40-43(44)46(55-7)23-34-19-33-18-30-8-9-31-20-36(57-27(2)51)13-17-48(31,59-29(4)53)41(30)24-45(33,6)49(34,40)42(54)25-46/h30-41,43H,8-25H2,1-7H3/t30?,31-,32-,33+,34?,35-,36-,37+,38-,39-,40?,41?,43?,44-,45-,46+,47+,48+,49?/m0/s1. The minimum atomic E-state index is -0.600. The van der Waals surface area contributed by atoms with Crippen LogP contribution in [0, 0.1) is 81.3 Å². The Hall–Kier alpha value is -2.49. The molecule has 2 bridgehead atoms. The van der Waals surface area contributed by atoms with Gasteiger partial charge < -0.3 is 23.7 Å². The van der Waals surface area contributed by atoms with Crippen molar-refractivity contribution < 1.29 is 47.7 Å². The molecule has 0 amide bonds. The topological polar surface area (TPSA) is 132 Å². The lowest BCUT2D eigenvalue weighted by molar-refractivity contribution is -0.254. The first-order chi connectivity index (χ1) is 28.0. The maximum Gasteiger partial charge on any atom is 0.303 e. The second-order valence-electron chi connectivity index (χ2n) is 22.7. The van der Waals surface area contributed by atoms with Crippen LogP contribution in [0.1, 0.15) is 157 Å². The summed E-state index contributed by atoms with van der Waals surface area (Å²) in [6, 6.07) is 0. The molecule has 59 heavy (non-hydrogen) atoms. The molecule has 11 fully saturated rings. The lowest BCUT2D eigenvalue weighted by Crippen LogP contribution is -2.72. The quantitative estimate of drug-likeness (QED) is 0.197. The van der Waals surface area contributed by atoms with Crippen molar-refractivity contribution >= 4 is 29.7 Å². The first-order valence-electron chi connectivity index (χ1n) is 23.8. The number of fused-ring (bicyclic) bond motifs is 10. The summed E-state index contributed by atoms with van der Waals surface area (Å²) in [6.07, 6.45) is 15.7. The van der Waals surface area contributed by atoms with E-state index < -0.39 is 22.2 Å². The fourth-order valence-electron chi connectivity index (χ4n) is 19.8. The van der Waals surface area contributed by atoms with Crippen LogP contribution in [-0.2, 0) is 47.7 Å². The van der Waals surface area contributed by atoms with Crippen molar-refractivity contribution in [1.29, 1.82) is 0 Å². The fourth-order valence-corrected chi connectivity index (χ4v) is 19.8. The van der Waals surface area contributed by atoms with E-state index in [0.717, 1.165) is 89.9 Å². The van der Waals surface area contributed by atoms with Gasteiger partial charge in [-0.15, -0.1) is 0 Å². The van der Waals surface area contributed by atoms with Crippen molar-refractivity contribution in [3.05, 3.63) is 0 Å². The van der Waals surface area contributed by atoms with E-state index in [4.69, 9.17) is 23.7 Å². The first kappa shape index (κ1) is 40.6. The zero-order valence-corrected chi connectivity index (χ0v) is 36.8. The lowest BCUT2D eigenvalue weighted by Gasteiger charge is -2.69. The monoisotopic (exact) mass is 818 g/mol. The molecule has 0 N–H and O–H groups in total. The lowest BCUT2D eigenvalue weighted by atomic mass is 9.36. The number of carbonyl (C=O) groups excluding carboxylic acids is 5. The molecule has 0 radical (unpaired) electrons. The van der Waals surface area contributed by atoms with Crippen LogP contribution in [0.3, 0.4) is 0 Å². The Morgan fingerprint density at radius 2 is 1.19 bits per heavy atom. The van der Waals surface area contributed by atoms with E-state index in [1.807, 2.05) is 7.11 Å². The number of ether oxygens (including phenoxy) is 5. The van der Waals surface area contributed by atoms with E-state index in [0.29, 0.717) is 55.1 Å². The molecule has 0 aromatic rings. The molecule has 0 aromatic heterocycles. The SMILES string of the molecule is CO[C@@]12CC(=O)C3(C(C[C@H]4CC5CC[C@H]6C[C@@H](OC(C)=O)CC[C@]6(OC(C)=O)C5C[C@@]43C)C1)C1C[C@H]3[C@@H]4CC[C@H]5C[C@@H](OC(C)=O)CC[C@]5(OC(C)=O)[C@H]4CC[C@]3(C)C12. The Bertz CT molecular complexity index is 1810.